The van der Waals surface area contributed by atoms with E-state index in [-0.39, 0.29) is 6.61 Å². The van der Waals surface area contributed by atoms with Crippen LogP contribution in [0, 0.1) is 5.41 Å². The van der Waals surface area contributed by atoms with Gasteiger partial charge in [0.05, 0.1) is 12.0 Å². The Bertz CT molecular complexity index is 111. The van der Waals surface area contributed by atoms with Crippen molar-refractivity contribution in [2.45, 2.75) is 13.8 Å². The van der Waals surface area contributed by atoms with Gasteiger partial charge in [0, 0.05) is 0 Å². The highest BCUT2D eigenvalue weighted by Crippen LogP contribution is 2.12. The largest absolute Gasteiger partial charge is 0.395 e. The molecule has 0 saturated carbocycles. The third-order valence-corrected chi connectivity index (χ3v) is 1.11. The van der Waals surface area contributed by atoms with Gasteiger partial charge in [-0.3, -0.25) is 10.0 Å². The molecule has 1 amide bonds. The molecule has 0 spiro atoms. The molecule has 0 fully saturated rings. The molecule has 0 aromatic rings. The molecule has 0 saturated heterocycles. The van der Waals surface area contributed by atoms with E-state index in [1.165, 1.54) is 19.3 Å². The Hall–Kier alpha value is -0.610. The average Bonchev–Trinajstić information content (AvgIpc) is 1.86. The first kappa shape index (κ1) is 8.39. The van der Waals surface area contributed by atoms with Gasteiger partial charge in [0.25, 0.3) is 5.91 Å². The van der Waals surface area contributed by atoms with Crippen LogP contribution in [0.4, 0.5) is 0 Å². The van der Waals surface area contributed by atoms with Crippen molar-refractivity contribution in [2.75, 3.05) is 6.61 Å². The lowest BCUT2D eigenvalue weighted by molar-refractivity contribution is -0.140. The predicted molar refractivity (Wildman–Crippen MR) is 30.8 cm³/mol. The molecular weight excluding hydrogens is 122 g/mol. The van der Waals surface area contributed by atoms with Crippen molar-refractivity contribution in [1.29, 1.82) is 0 Å². The first-order valence-corrected chi connectivity index (χ1v) is 2.60. The van der Waals surface area contributed by atoms with E-state index in [0.29, 0.717) is 0 Å². The van der Waals surface area contributed by atoms with Gasteiger partial charge in [0.15, 0.2) is 0 Å². The van der Waals surface area contributed by atoms with Crippen molar-refractivity contribution in [2.24, 2.45) is 5.41 Å². The number of hydroxylamine groups is 1. The molecule has 0 aliphatic rings. The highest BCUT2D eigenvalue weighted by atomic mass is 16.5. The molecule has 0 bridgehead atoms. The first-order valence-electron chi connectivity index (χ1n) is 2.60. The molecule has 9 heavy (non-hydrogen) atoms. The van der Waals surface area contributed by atoms with Crippen LogP contribution in [0.3, 0.4) is 0 Å². The lowest BCUT2D eigenvalue weighted by Crippen LogP contribution is -2.37. The second-order valence-electron chi connectivity index (χ2n) is 2.48. The zero-order valence-electron chi connectivity index (χ0n) is 5.51. The van der Waals surface area contributed by atoms with Gasteiger partial charge in [-0.05, 0) is 13.8 Å². The van der Waals surface area contributed by atoms with Crippen LogP contribution in [0.1, 0.15) is 13.8 Å². The summed E-state index contributed by atoms with van der Waals surface area (Å²) < 4.78 is 0. The number of hydrogen-bond donors (Lipinski definition) is 3. The molecule has 4 nitrogen and oxygen atoms in total. The lowest BCUT2D eigenvalue weighted by Gasteiger charge is -2.17. The van der Waals surface area contributed by atoms with Gasteiger partial charge in [-0.1, -0.05) is 0 Å². The highest BCUT2D eigenvalue weighted by molar-refractivity contribution is 5.80. The van der Waals surface area contributed by atoms with Crippen LogP contribution < -0.4 is 5.48 Å². The molecule has 0 atom stereocenters. The molecule has 0 rings (SSSR count). The topological polar surface area (TPSA) is 69.6 Å². The van der Waals surface area contributed by atoms with E-state index in [4.69, 9.17) is 10.3 Å². The van der Waals surface area contributed by atoms with Crippen molar-refractivity contribution in [3.05, 3.63) is 0 Å². The van der Waals surface area contributed by atoms with Crippen LogP contribution >= 0.6 is 0 Å². The summed E-state index contributed by atoms with van der Waals surface area (Å²) in [6, 6.07) is 0. The van der Waals surface area contributed by atoms with Gasteiger partial charge >= 0.3 is 0 Å². The monoisotopic (exact) mass is 133 g/mol. The summed E-state index contributed by atoms with van der Waals surface area (Å²) in [6.45, 7) is 2.77. The third kappa shape index (κ3) is 1.99. The summed E-state index contributed by atoms with van der Waals surface area (Å²) >= 11 is 0. The number of carbonyl (C=O) groups is 1. The van der Waals surface area contributed by atoms with Crippen LogP contribution in [0.25, 0.3) is 0 Å². The average molecular weight is 133 g/mol. The minimum atomic E-state index is -0.894. The van der Waals surface area contributed by atoms with E-state index in [2.05, 4.69) is 0 Å². The first-order chi connectivity index (χ1) is 4.04. The number of carbonyl (C=O) groups excluding carboxylic acids is 1. The van der Waals surface area contributed by atoms with Gasteiger partial charge in [0.2, 0.25) is 0 Å². The van der Waals surface area contributed by atoms with E-state index < -0.39 is 11.3 Å². The van der Waals surface area contributed by atoms with Gasteiger partial charge < -0.3 is 5.11 Å². The summed E-state index contributed by atoms with van der Waals surface area (Å²) in [4.78, 5) is 10.5. The van der Waals surface area contributed by atoms with Crippen LogP contribution in [0.2, 0.25) is 0 Å². The van der Waals surface area contributed by atoms with E-state index in [1.54, 1.807) is 0 Å². The lowest BCUT2D eigenvalue weighted by atomic mass is 9.94. The number of aliphatic hydroxyl groups is 1. The zero-order valence-corrected chi connectivity index (χ0v) is 5.51. The summed E-state index contributed by atoms with van der Waals surface area (Å²) in [5.74, 6) is -0.579. The summed E-state index contributed by atoms with van der Waals surface area (Å²) in [5, 5.41) is 16.6. The fourth-order valence-electron chi connectivity index (χ4n) is 0.223. The van der Waals surface area contributed by atoms with Crippen LogP contribution in [0.15, 0.2) is 0 Å². The van der Waals surface area contributed by atoms with Crippen molar-refractivity contribution < 1.29 is 15.1 Å². The minimum absolute atomic E-state index is 0.278. The van der Waals surface area contributed by atoms with Crippen LogP contribution in [-0.2, 0) is 4.79 Å². The fourth-order valence-corrected chi connectivity index (χ4v) is 0.223. The number of nitrogens with one attached hydrogen (secondary N) is 1. The Morgan fingerprint density at radius 2 is 2.11 bits per heavy atom. The summed E-state index contributed by atoms with van der Waals surface area (Å²) in [7, 11) is 0. The molecule has 3 N–H and O–H groups in total. The van der Waals surface area contributed by atoms with Crippen molar-refractivity contribution in [3.63, 3.8) is 0 Å². The molecular formula is C5H11NO3. The quantitative estimate of drug-likeness (QED) is 0.351. The van der Waals surface area contributed by atoms with Gasteiger partial charge in [-0.25, -0.2) is 5.48 Å². The SMILES string of the molecule is CC(C)(CO)C(=O)NO. The van der Waals surface area contributed by atoms with Gasteiger partial charge in [-0.2, -0.15) is 0 Å². The Balaban J connectivity index is 3.97. The fraction of sp³-hybridized carbons (Fsp3) is 0.800. The van der Waals surface area contributed by atoms with Crippen LogP contribution in [-0.4, -0.2) is 22.8 Å². The van der Waals surface area contributed by atoms with Crippen LogP contribution in [0.5, 0.6) is 0 Å². The smallest absolute Gasteiger partial charge is 0.251 e. The maximum absolute atomic E-state index is 10.5. The zero-order chi connectivity index (χ0) is 7.49. The third-order valence-electron chi connectivity index (χ3n) is 1.11. The Morgan fingerprint density at radius 1 is 1.67 bits per heavy atom. The number of amides is 1. The van der Waals surface area contributed by atoms with Gasteiger partial charge in [-0.15, -0.1) is 0 Å². The van der Waals surface area contributed by atoms with Crippen molar-refractivity contribution in [1.82, 2.24) is 5.48 Å². The summed E-state index contributed by atoms with van der Waals surface area (Å²) in [5.41, 5.74) is 0.563. The molecule has 0 aromatic carbocycles. The van der Waals surface area contributed by atoms with E-state index in [0.717, 1.165) is 0 Å². The van der Waals surface area contributed by atoms with Crippen molar-refractivity contribution in [3.8, 4) is 0 Å². The number of aliphatic hydroxyl groups excluding tert-OH is 1. The van der Waals surface area contributed by atoms with E-state index >= 15 is 0 Å². The molecule has 4 heteroatoms. The second-order valence-corrected chi connectivity index (χ2v) is 2.48. The Kier molecular flexibility index (Phi) is 2.61. The standard InChI is InChI=1S/C5H11NO3/c1-5(2,3-7)4(8)6-9/h7,9H,3H2,1-2H3,(H,6,8). The van der Waals surface area contributed by atoms with E-state index in [9.17, 15) is 4.79 Å². The molecule has 0 heterocycles. The second kappa shape index (κ2) is 2.80. The Labute approximate surface area is 53.5 Å². The normalized spacial score (nSPS) is 11.1. The minimum Gasteiger partial charge on any atom is -0.395 e. The highest BCUT2D eigenvalue weighted by Gasteiger charge is 2.25. The number of rotatable bonds is 2. The summed E-state index contributed by atoms with van der Waals surface area (Å²) in [6.07, 6.45) is 0. The Morgan fingerprint density at radius 3 is 2.22 bits per heavy atom. The maximum Gasteiger partial charge on any atom is 0.251 e. The molecule has 0 aromatic heterocycles. The molecule has 0 aliphatic heterocycles. The predicted octanol–water partition coefficient (Wildman–Crippen LogP) is -0.490. The molecule has 54 valence electrons. The maximum atomic E-state index is 10.5. The van der Waals surface area contributed by atoms with Gasteiger partial charge in [0.1, 0.15) is 0 Å². The molecule has 0 radical (unpaired) electrons. The molecule has 0 unspecified atom stereocenters. The van der Waals surface area contributed by atoms with E-state index in [1.807, 2.05) is 0 Å². The van der Waals surface area contributed by atoms with Crippen molar-refractivity contribution >= 4 is 5.91 Å². The number of hydrogen-bond acceptors (Lipinski definition) is 3. The molecule has 0 aliphatic carbocycles.